The lowest BCUT2D eigenvalue weighted by molar-refractivity contribution is -0.107. The zero-order valence-corrected chi connectivity index (χ0v) is 8.65. The van der Waals surface area contributed by atoms with Gasteiger partial charge in [0.15, 0.2) is 5.89 Å². The van der Waals surface area contributed by atoms with Crippen LogP contribution in [0, 0.1) is 0 Å². The van der Waals surface area contributed by atoms with Gasteiger partial charge in [-0.15, -0.1) is 0 Å². The summed E-state index contributed by atoms with van der Waals surface area (Å²) in [5, 5.41) is 0. The van der Waals surface area contributed by atoms with Crippen molar-refractivity contribution in [3.8, 4) is 0 Å². The van der Waals surface area contributed by atoms with Gasteiger partial charge in [-0.3, -0.25) is 0 Å². The van der Waals surface area contributed by atoms with Gasteiger partial charge in [-0.05, 0) is 19.3 Å². The number of carbonyl (C=O) groups is 1. The van der Waals surface area contributed by atoms with Crippen LogP contribution in [0.1, 0.15) is 30.8 Å². The van der Waals surface area contributed by atoms with E-state index < -0.39 is 0 Å². The first-order chi connectivity index (χ1) is 7.38. The highest BCUT2D eigenvalue weighted by Crippen LogP contribution is 2.16. The molecule has 0 spiro atoms. The molecule has 1 aliphatic heterocycles. The summed E-state index contributed by atoms with van der Waals surface area (Å²) in [6, 6.07) is 0. The molecule has 4 nitrogen and oxygen atoms in total. The molecule has 15 heavy (non-hydrogen) atoms. The van der Waals surface area contributed by atoms with E-state index in [1.54, 1.807) is 6.26 Å². The van der Waals surface area contributed by atoms with Gasteiger partial charge in [-0.2, -0.15) is 0 Å². The lowest BCUT2D eigenvalue weighted by atomic mass is 10.1. The molecule has 0 saturated carbocycles. The van der Waals surface area contributed by atoms with Gasteiger partial charge < -0.3 is 13.9 Å². The predicted molar refractivity (Wildman–Crippen MR) is 53.6 cm³/mol. The van der Waals surface area contributed by atoms with Crippen LogP contribution in [0.15, 0.2) is 10.7 Å². The van der Waals surface area contributed by atoms with E-state index in [2.05, 4.69) is 4.98 Å². The first kappa shape index (κ1) is 10.4. The second-order valence-corrected chi connectivity index (χ2v) is 3.80. The molecule has 1 aromatic rings. The smallest absolute Gasteiger partial charge is 0.196 e. The summed E-state index contributed by atoms with van der Waals surface area (Å²) < 4.78 is 10.9. The lowest BCUT2D eigenvalue weighted by Gasteiger charge is -2.20. The van der Waals surface area contributed by atoms with Gasteiger partial charge in [-0.25, -0.2) is 4.98 Å². The summed E-state index contributed by atoms with van der Waals surface area (Å²) in [6.07, 6.45) is 7.11. The van der Waals surface area contributed by atoms with Gasteiger partial charge in [0.05, 0.1) is 18.2 Å². The number of rotatable bonds is 4. The van der Waals surface area contributed by atoms with Gasteiger partial charge >= 0.3 is 0 Å². The molecule has 2 heterocycles. The van der Waals surface area contributed by atoms with Crippen LogP contribution in [-0.4, -0.2) is 24.0 Å². The van der Waals surface area contributed by atoms with Crippen LogP contribution in [0.4, 0.5) is 0 Å². The molecule has 1 fully saturated rings. The molecular formula is C11H15NO3. The van der Waals surface area contributed by atoms with Gasteiger partial charge in [0.25, 0.3) is 0 Å². The number of carbonyl (C=O) groups excluding carboxylic acids is 1. The Morgan fingerprint density at radius 3 is 3.20 bits per heavy atom. The van der Waals surface area contributed by atoms with E-state index in [1.165, 1.54) is 6.42 Å². The predicted octanol–water partition coefficient (Wildman–Crippen LogP) is 1.53. The maximum Gasteiger partial charge on any atom is 0.196 e. The van der Waals surface area contributed by atoms with Crippen LogP contribution in [-0.2, 0) is 22.4 Å². The number of aldehydes is 1. The zero-order valence-electron chi connectivity index (χ0n) is 8.65. The molecule has 2 rings (SSSR count). The van der Waals surface area contributed by atoms with Crippen molar-refractivity contribution in [1.82, 2.24) is 4.98 Å². The molecule has 1 aromatic heterocycles. The lowest BCUT2D eigenvalue weighted by Crippen LogP contribution is -2.21. The maximum atomic E-state index is 10.3. The third-order valence-corrected chi connectivity index (χ3v) is 2.57. The highest BCUT2D eigenvalue weighted by atomic mass is 16.5. The van der Waals surface area contributed by atoms with Crippen molar-refractivity contribution in [3.05, 3.63) is 17.8 Å². The summed E-state index contributed by atoms with van der Waals surface area (Å²) in [6.45, 7) is 0.840. The number of nitrogens with zero attached hydrogens (tertiary/aromatic N) is 1. The Balaban J connectivity index is 1.88. The minimum Gasteiger partial charge on any atom is -0.449 e. The van der Waals surface area contributed by atoms with Crippen molar-refractivity contribution in [2.75, 3.05) is 6.61 Å². The molecule has 0 radical (unpaired) electrons. The van der Waals surface area contributed by atoms with Crippen LogP contribution < -0.4 is 0 Å². The Morgan fingerprint density at radius 1 is 1.53 bits per heavy atom. The zero-order chi connectivity index (χ0) is 10.5. The van der Waals surface area contributed by atoms with E-state index in [0.717, 1.165) is 32.2 Å². The molecular weight excluding hydrogens is 194 g/mol. The fraction of sp³-hybridized carbons (Fsp3) is 0.636. The standard InChI is InChI=1S/C11H15NO3/c13-5-4-9-8-15-11(12-9)7-10-3-1-2-6-14-10/h5,8,10H,1-4,6-7H2. The van der Waals surface area contributed by atoms with Crippen LogP contribution >= 0.6 is 0 Å². The Bertz CT molecular complexity index is 315. The topological polar surface area (TPSA) is 52.3 Å². The Morgan fingerprint density at radius 2 is 2.47 bits per heavy atom. The van der Waals surface area contributed by atoms with Gasteiger partial charge in [0.1, 0.15) is 12.5 Å². The van der Waals surface area contributed by atoms with Crippen molar-refractivity contribution in [2.45, 2.75) is 38.2 Å². The third kappa shape index (κ3) is 2.89. The summed E-state index contributed by atoms with van der Waals surface area (Å²) >= 11 is 0. The van der Waals surface area contributed by atoms with Crippen molar-refractivity contribution in [1.29, 1.82) is 0 Å². The third-order valence-electron chi connectivity index (χ3n) is 2.57. The first-order valence-electron chi connectivity index (χ1n) is 5.37. The summed E-state index contributed by atoms with van der Waals surface area (Å²) in [4.78, 5) is 14.5. The molecule has 0 aliphatic carbocycles. The van der Waals surface area contributed by atoms with E-state index in [1.807, 2.05) is 0 Å². The van der Waals surface area contributed by atoms with Crippen molar-refractivity contribution in [3.63, 3.8) is 0 Å². The van der Waals surface area contributed by atoms with Gasteiger partial charge in [0, 0.05) is 13.0 Å². The van der Waals surface area contributed by atoms with E-state index in [0.29, 0.717) is 18.0 Å². The molecule has 0 amide bonds. The van der Waals surface area contributed by atoms with Crippen LogP contribution in [0.5, 0.6) is 0 Å². The molecule has 1 saturated heterocycles. The molecule has 82 valence electrons. The van der Waals surface area contributed by atoms with E-state index in [4.69, 9.17) is 9.15 Å². The second kappa shape index (κ2) is 5.07. The number of hydrogen-bond donors (Lipinski definition) is 0. The minimum absolute atomic E-state index is 0.237. The fourth-order valence-corrected chi connectivity index (χ4v) is 1.78. The normalized spacial score (nSPS) is 21.5. The number of oxazole rings is 1. The van der Waals surface area contributed by atoms with Crippen molar-refractivity contribution in [2.24, 2.45) is 0 Å². The minimum atomic E-state index is 0.237. The Hall–Kier alpha value is -1.16. The summed E-state index contributed by atoms with van der Waals surface area (Å²) in [5.74, 6) is 0.679. The van der Waals surface area contributed by atoms with E-state index >= 15 is 0 Å². The average Bonchev–Trinajstić information content (AvgIpc) is 2.68. The SMILES string of the molecule is O=CCc1coc(CC2CCCCO2)n1. The van der Waals surface area contributed by atoms with Crippen LogP contribution in [0.3, 0.4) is 0 Å². The maximum absolute atomic E-state index is 10.3. The second-order valence-electron chi connectivity index (χ2n) is 3.80. The highest BCUT2D eigenvalue weighted by Gasteiger charge is 2.17. The largest absolute Gasteiger partial charge is 0.449 e. The fourth-order valence-electron chi connectivity index (χ4n) is 1.78. The molecule has 1 unspecified atom stereocenters. The first-order valence-corrected chi connectivity index (χ1v) is 5.37. The van der Waals surface area contributed by atoms with Crippen LogP contribution in [0.25, 0.3) is 0 Å². The molecule has 0 aromatic carbocycles. The summed E-state index contributed by atoms with van der Waals surface area (Å²) in [5.41, 5.74) is 0.704. The van der Waals surface area contributed by atoms with Gasteiger partial charge in [-0.1, -0.05) is 0 Å². The van der Waals surface area contributed by atoms with Crippen molar-refractivity contribution < 1.29 is 13.9 Å². The molecule has 0 N–H and O–H groups in total. The Kier molecular flexibility index (Phi) is 3.50. The van der Waals surface area contributed by atoms with Crippen molar-refractivity contribution >= 4 is 6.29 Å². The number of hydrogen-bond acceptors (Lipinski definition) is 4. The van der Waals surface area contributed by atoms with Crippen LogP contribution in [0.2, 0.25) is 0 Å². The number of ether oxygens (including phenoxy) is 1. The Labute approximate surface area is 88.6 Å². The summed E-state index contributed by atoms with van der Waals surface area (Å²) in [7, 11) is 0. The number of aromatic nitrogens is 1. The molecule has 1 aliphatic rings. The molecule has 1 atom stereocenters. The monoisotopic (exact) mass is 209 g/mol. The molecule has 4 heteroatoms. The quantitative estimate of drug-likeness (QED) is 0.705. The molecule has 0 bridgehead atoms. The highest BCUT2D eigenvalue weighted by molar-refractivity contribution is 5.53. The average molecular weight is 209 g/mol. The van der Waals surface area contributed by atoms with E-state index in [9.17, 15) is 4.79 Å². The van der Waals surface area contributed by atoms with Gasteiger partial charge in [0.2, 0.25) is 0 Å². The van der Waals surface area contributed by atoms with E-state index in [-0.39, 0.29) is 6.10 Å².